The molecule has 1 N–H and O–H groups in total. The van der Waals surface area contributed by atoms with Gasteiger partial charge in [-0.05, 0) is 37.8 Å². The van der Waals surface area contributed by atoms with Crippen molar-refractivity contribution in [3.8, 4) is 0 Å². The molecule has 4 heteroatoms. The summed E-state index contributed by atoms with van der Waals surface area (Å²) in [6.45, 7) is 2.98. The Morgan fingerprint density at radius 1 is 1.62 bits per heavy atom. The van der Waals surface area contributed by atoms with Gasteiger partial charge in [-0.3, -0.25) is 5.32 Å². The van der Waals surface area contributed by atoms with Crippen LogP contribution in [0.3, 0.4) is 0 Å². The van der Waals surface area contributed by atoms with Gasteiger partial charge in [0.2, 0.25) is 0 Å². The average molecular weight is 223 g/mol. The third-order valence-electron chi connectivity index (χ3n) is 2.92. The Balaban J connectivity index is 2.00. The smallest absolute Gasteiger partial charge is 0.435 e. The van der Waals surface area contributed by atoms with Crippen LogP contribution in [0, 0.1) is 5.92 Å². The Hall–Kier alpha value is -1.29. The fourth-order valence-corrected chi connectivity index (χ4v) is 2.14. The van der Waals surface area contributed by atoms with Gasteiger partial charge in [-0.1, -0.05) is 18.2 Å². The maximum atomic E-state index is 11.3. The van der Waals surface area contributed by atoms with Gasteiger partial charge >= 0.3 is 6.16 Å². The Morgan fingerprint density at radius 2 is 2.50 bits per heavy atom. The van der Waals surface area contributed by atoms with Gasteiger partial charge in [0.1, 0.15) is 0 Å². The van der Waals surface area contributed by atoms with Crippen LogP contribution in [0.2, 0.25) is 0 Å². The molecule has 0 spiro atoms. The molecule has 0 bridgehead atoms. The zero-order chi connectivity index (χ0) is 11.4. The normalized spacial score (nSPS) is 27.9. The number of hydrogen-bond donors (Lipinski definition) is 1. The number of hydrogen-bond acceptors (Lipinski definition) is 4. The van der Waals surface area contributed by atoms with E-state index in [4.69, 9.17) is 9.47 Å². The highest BCUT2D eigenvalue weighted by Crippen LogP contribution is 2.29. The molecule has 2 aliphatic rings. The molecule has 0 aromatic heterocycles. The van der Waals surface area contributed by atoms with E-state index in [0.717, 1.165) is 25.0 Å². The summed E-state index contributed by atoms with van der Waals surface area (Å²) in [5, 5.41) is 3.18. The van der Waals surface area contributed by atoms with Gasteiger partial charge in [0.25, 0.3) is 0 Å². The van der Waals surface area contributed by atoms with E-state index >= 15 is 0 Å². The molecule has 0 amide bonds. The summed E-state index contributed by atoms with van der Waals surface area (Å²) in [7, 11) is 0. The molecule has 1 aliphatic heterocycles. The molecule has 0 aromatic carbocycles. The first kappa shape index (κ1) is 11.2. The van der Waals surface area contributed by atoms with Crippen molar-refractivity contribution in [3.05, 3.63) is 23.8 Å². The number of rotatable bonds is 2. The summed E-state index contributed by atoms with van der Waals surface area (Å²) >= 11 is 0. The van der Waals surface area contributed by atoms with Crippen LogP contribution in [0.25, 0.3) is 0 Å². The van der Waals surface area contributed by atoms with Crippen molar-refractivity contribution in [2.45, 2.75) is 26.0 Å². The second-order valence-electron chi connectivity index (χ2n) is 3.95. The molecule has 1 saturated heterocycles. The Kier molecular flexibility index (Phi) is 3.62. The third kappa shape index (κ3) is 2.44. The molecule has 0 aromatic rings. The minimum absolute atomic E-state index is 0.317. The molecule has 1 heterocycles. The molecule has 2 unspecified atom stereocenters. The summed E-state index contributed by atoms with van der Waals surface area (Å²) in [6, 6.07) is 0. The predicted molar refractivity (Wildman–Crippen MR) is 59.8 cm³/mol. The quantitative estimate of drug-likeness (QED) is 0.727. The summed E-state index contributed by atoms with van der Waals surface area (Å²) in [5.74, 6) is 0.505. The molecule has 1 aliphatic carbocycles. The molecular weight excluding hydrogens is 206 g/mol. The number of ether oxygens (including phenoxy) is 2. The van der Waals surface area contributed by atoms with Gasteiger partial charge in [-0.25, -0.2) is 4.79 Å². The molecular formula is C12H17NO3. The standard InChI is InChI=1S/C12H17NO3/c1-2-15-12(14)16-11-10-6-4-3-5-9(10)7-8-13-11/h3-4,6,9,11,13H,2,5,7-8H2,1H3. The van der Waals surface area contributed by atoms with Crippen LogP contribution >= 0.6 is 0 Å². The van der Waals surface area contributed by atoms with Gasteiger partial charge in [-0.2, -0.15) is 0 Å². The zero-order valence-electron chi connectivity index (χ0n) is 9.44. The van der Waals surface area contributed by atoms with E-state index < -0.39 is 6.16 Å². The van der Waals surface area contributed by atoms with Crippen LogP contribution in [-0.4, -0.2) is 25.5 Å². The lowest BCUT2D eigenvalue weighted by atomic mass is 9.85. The van der Waals surface area contributed by atoms with E-state index in [2.05, 4.69) is 11.4 Å². The van der Waals surface area contributed by atoms with E-state index in [0.29, 0.717) is 12.5 Å². The van der Waals surface area contributed by atoms with Crippen LogP contribution in [-0.2, 0) is 9.47 Å². The Morgan fingerprint density at radius 3 is 3.31 bits per heavy atom. The zero-order valence-corrected chi connectivity index (χ0v) is 9.44. The number of carbonyl (C=O) groups excluding carboxylic acids is 1. The molecule has 88 valence electrons. The van der Waals surface area contributed by atoms with E-state index in [9.17, 15) is 4.79 Å². The van der Waals surface area contributed by atoms with Crippen molar-refractivity contribution in [1.82, 2.24) is 5.32 Å². The van der Waals surface area contributed by atoms with Crippen molar-refractivity contribution >= 4 is 6.16 Å². The lowest BCUT2D eigenvalue weighted by Crippen LogP contribution is -2.43. The molecule has 2 atom stereocenters. The average Bonchev–Trinajstić information content (AvgIpc) is 2.30. The molecule has 0 saturated carbocycles. The van der Waals surface area contributed by atoms with Crippen LogP contribution in [0.15, 0.2) is 23.8 Å². The van der Waals surface area contributed by atoms with Gasteiger partial charge in [0.05, 0.1) is 6.61 Å². The molecule has 0 radical (unpaired) electrons. The minimum atomic E-state index is -0.601. The van der Waals surface area contributed by atoms with Crippen molar-refractivity contribution in [2.24, 2.45) is 5.92 Å². The van der Waals surface area contributed by atoms with Crippen LogP contribution < -0.4 is 5.32 Å². The maximum absolute atomic E-state index is 11.3. The van der Waals surface area contributed by atoms with E-state index in [-0.39, 0.29) is 6.23 Å². The predicted octanol–water partition coefficient (Wildman–Crippen LogP) is 1.98. The summed E-state index contributed by atoms with van der Waals surface area (Å²) in [6.07, 6.45) is 7.42. The fourth-order valence-electron chi connectivity index (χ4n) is 2.14. The van der Waals surface area contributed by atoms with E-state index in [1.54, 1.807) is 6.92 Å². The van der Waals surface area contributed by atoms with Crippen LogP contribution in [0.5, 0.6) is 0 Å². The fraction of sp³-hybridized carbons (Fsp3) is 0.583. The van der Waals surface area contributed by atoms with Crippen molar-refractivity contribution in [2.75, 3.05) is 13.2 Å². The molecule has 16 heavy (non-hydrogen) atoms. The number of allylic oxidation sites excluding steroid dienone is 3. The summed E-state index contributed by atoms with van der Waals surface area (Å²) in [4.78, 5) is 11.3. The second-order valence-corrected chi connectivity index (χ2v) is 3.95. The third-order valence-corrected chi connectivity index (χ3v) is 2.92. The first-order valence-corrected chi connectivity index (χ1v) is 5.74. The largest absolute Gasteiger partial charge is 0.510 e. The highest BCUT2D eigenvalue weighted by molar-refractivity contribution is 5.60. The van der Waals surface area contributed by atoms with E-state index in [1.165, 1.54) is 0 Å². The molecule has 2 rings (SSSR count). The number of fused-ring (bicyclic) bond motifs is 1. The first-order valence-electron chi connectivity index (χ1n) is 5.74. The van der Waals surface area contributed by atoms with Gasteiger partial charge < -0.3 is 9.47 Å². The minimum Gasteiger partial charge on any atom is -0.435 e. The second kappa shape index (κ2) is 5.16. The first-order chi connectivity index (χ1) is 7.81. The van der Waals surface area contributed by atoms with Crippen molar-refractivity contribution in [3.63, 3.8) is 0 Å². The van der Waals surface area contributed by atoms with Crippen LogP contribution in [0.1, 0.15) is 19.8 Å². The maximum Gasteiger partial charge on any atom is 0.510 e. The highest BCUT2D eigenvalue weighted by atomic mass is 16.7. The monoisotopic (exact) mass is 223 g/mol. The number of carbonyl (C=O) groups is 1. The van der Waals surface area contributed by atoms with Gasteiger partial charge in [-0.15, -0.1) is 0 Å². The summed E-state index contributed by atoms with van der Waals surface area (Å²) < 4.78 is 10.0. The lowest BCUT2D eigenvalue weighted by Gasteiger charge is -2.33. The number of piperidine rings is 1. The Bertz CT molecular complexity index is 322. The molecule has 4 nitrogen and oxygen atoms in total. The van der Waals surface area contributed by atoms with E-state index in [1.807, 2.05) is 12.2 Å². The number of nitrogens with one attached hydrogen (secondary N) is 1. The highest BCUT2D eigenvalue weighted by Gasteiger charge is 2.30. The topological polar surface area (TPSA) is 47.6 Å². The van der Waals surface area contributed by atoms with Crippen LogP contribution in [0.4, 0.5) is 4.79 Å². The van der Waals surface area contributed by atoms with Gasteiger partial charge in [0.15, 0.2) is 6.23 Å². The van der Waals surface area contributed by atoms with Crippen molar-refractivity contribution < 1.29 is 14.3 Å². The SMILES string of the molecule is CCOC(=O)OC1NCCC2CC=CC=C21. The summed E-state index contributed by atoms with van der Waals surface area (Å²) in [5.41, 5.74) is 1.15. The van der Waals surface area contributed by atoms with Gasteiger partial charge in [0, 0.05) is 0 Å². The lowest BCUT2D eigenvalue weighted by molar-refractivity contribution is 0.0182. The Labute approximate surface area is 95.3 Å². The van der Waals surface area contributed by atoms with Crippen molar-refractivity contribution in [1.29, 1.82) is 0 Å². The molecule has 1 fully saturated rings.